The van der Waals surface area contributed by atoms with Crippen LogP contribution in [-0.4, -0.2) is 41.8 Å². The zero-order chi connectivity index (χ0) is 20.0. The molecule has 0 saturated heterocycles. The standard InChI is InChI=1S/C19H24ClN3O3S/c1-6-8-23(5)11-21-15-10-14(20)16(9-12(15)3)26-19-17(13(4)22-27-19)18(24)25-7-2/h9-11H,6-8H2,1-5H3. The molecule has 0 N–H and O–H groups in total. The number of esters is 1. The molecule has 1 heterocycles. The first kappa shape index (κ1) is 21.2. The van der Waals surface area contributed by atoms with Crippen LogP contribution in [0.1, 0.15) is 41.9 Å². The van der Waals surface area contributed by atoms with E-state index in [4.69, 9.17) is 21.1 Å². The number of benzene rings is 1. The van der Waals surface area contributed by atoms with Crippen molar-refractivity contribution in [2.75, 3.05) is 20.2 Å². The van der Waals surface area contributed by atoms with Crippen LogP contribution < -0.4 is 4.74 Å². The highest BCUT2D eigenvalue weighted by Gasteiger charge is 2.22. The molecule has 0 bridgehead atoms. The zero-order valence-corrected chi connectivity index (χ0v) is 17.8. The minimum Gasteiger partial charge on any atom is -0.462 e. The topological polar surface area (TPSA) is 64.0 Å². The van der Waals surface area contributed by atoms with E-state index in [9.17, 15) is 4.79 Å². The third-order valence-electron chi connectivity index (χ3n) is 3.73. The van der Waals surface area contributed by atoms with Gasteiger partial charge in [0.1, 0.15) is 11.3 Å². The van der Waals surface area contributed by atoms with Crippen molar-refractivity contribution in [2.45, 2.75) is 34.1 Å². The molecular weight excluding hydrogens is 386 g/mol. The number of ether oxygens (including phenoxy) is 2. The zero-order valence-electron chi connectivity index (χ0n) is 16.2. The van der Waals surface area contributed by atoms with Crippen molar-refractivity contribution in [1.82, 2.24) is 9.27 Å². The second-order valence-corrected chi connectivity index (χ2v) is 7.19. The summed E-state index contributed by atoms with van der Waals surface area (Å²) in [4.78, 5) is 18.7. The third kappa shape index (κ3) is 5.43. The van der Waals surface area contributed by atoms with E-state index in [1.165, 1.54) is 0 Å². The van der Waals surface area contributed by atoms with Crippen LogP contribution in [0.15, 0.2) is 17.1 Å². The number of rotatable bonds is 8. The summed E-state index contributed by atoms with van der Waals surface area (Å²) < 4.78 is 15.2. The van der Waals surface area contributed by atoms with Crippen molar-refractivity contribution in [3.8, 4) is 10.8 Å². The van der Waals surface area contributed by atoms with E-state index < -0.39 is 5.97 Å². The highest BCUT2D eigenvalue weighted by atomic mass is 35.5. The monoisotopic (exact) mass is 409 g/mol. The molecule has 27 heavy (non-hydrogen) atoms. The first-order valence-electron chi connectivity index (χ1n) is 8.73. The maximum atomic E-state index is 12.2. The minimum atomic E-state index is -0.452. The van der Waals surface area contributed by atoms with Crippen LogP contribution >= 0.6 is 23.1 Å². The number of hydrogen-bond acceptors (Lipinski definition) is 6. The van der Waals surface area contributed by atoms with Gasteiger partial charge in [-0.05, 0) is 44.9 Å². The molecule has 6 nitrogen and oxygen atoms in total. The fourth-order valence-corrected chi connectivity index (χ4v) is 3.34. The van der Waals surface area contributed by atoms with Gasteiger partial charge < -0.3 is 14.4 Å². The Hall–Kier alpha value is -2.12. The van der Waals surface area contributed by atoms with Crippen LogP contribution in [0.4, 0.5) is 5.69 Å². The maximum Gasteiger partial charge on any atom is 0.344 e. The lowest BCUT2D eigenvalue weighted by Crippen LogP contribution is -2.16. The third-order valence-corrected chi connectivity index (χ3v) is 4.85. The van der Waals surface area contributed by atoms with Gasteiger partial charge in [0, 0.05) is 25.1 Å². The van der Waals surface area contributed by atoms with Crippen molar-refractivity contribution < 1.29 is 14.3 Å². The van der Waals surface area contributed by atoms with Gasteiger partial charge in [0.05, 0.1) is 29.3 Å². The van der Waals surface area contributed by atoms with Crippen LogP contribution in [0.2, 0.25) is 5.02 Å². The van der Waals surface area contributed by atoms with E-state index in [2.05, 4.69) is 16.3 Å². The summed E-state index contributed by atoms with van der Waals surface area (Å²) in [5.74, 6) is -0.00370. The second kappa shape index (κ2) is 9.71. The van der Waals surface area contributed by atoms with Gasteiger partial charge >= 0.3 is 5.97 Å². The van der Waals surface area contributed by atoms with Crippen molar-refractivity contribution in [1.29, 1.82) is 0 Å². The summed E-state index contributed by atoms with van der Waals surface area (Å²) in [5.41, 5.74) is 2.58. The second-order valence-electron chi connectivity index (χ2n) is 6.05. The Kier molecular flexibility index (Phi) is 7.62. The number of aliphatic imine (C=N–C) groups is 1. The average Bonchev–Trinajstić information content (AvgIpc) is 2.97. The molecular formula is C19H24ClN3O3S. The van der Waals surface area contributed by atoms with Gasteiger partial charge in [0.25, 0.3) is 0 Å². The largest absolute Gasteiger partial charge is 0.462 e. The van der Waals surface area contributed by atoms with Crippen molar-refractivity contribution in [3.63, 3.8) is 0 Å². The number of halogens is 1. The number of nitrogens with zero attached hydrogens (tertiary/aromatic N) is 3. The van der Waals surface area contributed by atoms with Crippen LogP contribution in [-0.2, 0) is 4.74 Å². The van der Waals surface area contributed by atoms with E-state index in [0.29, 0.717) is 27.1 Å². The summed E-state index contributed by atoms with van der Waals surface area (Å²) in [7, 11) is 1.98. The normalized spacial score (nSPS) is 11.0. The number of carbonyl (C=O) groups is 1. The molecule has 0 aliphatic carbocycles. The highest BCUT2D eigenvalue weighted by Crippen LogP contribution is 2.38. The Bertz CT molecular complexity index is 836. The first-order valence-corrected chi connectivity index (χ1v) is 9.88. The molecule has 2 aromatic rings. The smallest absolute Gasteiger partial charge is 0.344 e. The molecule has 0 unspecified atom stereocenters. The quantitative estimate of drug-likeness (QED) is 0.332. The SMILES string of the molecule is CCCN(C)C=Nc1cc(Cl)c(Oc2snc(C)c2C(=O)OCC)cc1C. The summed E-state index contributed by atoms with van der Waals surface area (Å²) in [6.07, 6.45) is 2.83. The summed E-state index contributed by atoms with van der Waals surface area (Å²) in [6.45, 7) is 8.76. The predicted molar refractivity (Wildman–Crippen MR) is 110 cm³/mol. The molecule has 0 saturated carbocycles. The molecule has 8 heteroatoms. The first-order chi connectivity index (χ1) is 12.9. The van der Waals surface area contributed by atoms with Crippen LogP contribution in [0.5, 0.6) is 10.8 Å². The lowest BCUT2D eigenvalue weighted by Gasteiger charge is -2.12. The maximum absolute atomic E-state index is 12.2. The van der Waals surface area contributed by atoms with Gasteiger partial charge in [-0.25, -0.2) is 9.79 Å². The van der Waals surface area contributed by atoms with Crippen molar-refractivity contribution in [3.05, 3.63) is 34.0 Å². The molecule has 0 spiro atoms. The molecule has 1 aromatic carbocycles. The van der Waals surface area contributed by atoms with E-state index in [1.807, 2.05) is 18.9 Å². The van der Waals surface area contributed by atoms with Gasteiger partial charge in [0.2, 0.25) is 5.06 Å². The predicted octanol–water partition coefficient (Wildman–Crippen LogP) is 5.38. The van der Waals surface area contributed by atoms with E-state index in [1.54, 1.807) is 32.3 Å². The minimum absolute atomic E-state index is 0.284. The van der Waals surface area contributed by atoms with Crippen LogP contribution in [0.25, 0.3) is 0 Å². The Balaban J connectivity index is 2.27. The number of hydrogen-bond donors (Lipinski definition) is 0. The van der Waals surface area contributed by atoms with Gasteiger partial charge in [-0.1, -0.05) is 18.5 Å². The molecule has 0 amide bonds. The van der Waals surface area contributed by atoms with Crippen molar-refractivity contribution >= 4 is 41.1 Å². The fraction of sp³-hybridized carbons (Fsp3) is 0.421. The van der Waals surface area contributed by atoms with Crippen molar-refractivity contribution in [2.24, 2.45) is 4.99 Å². The van der Waals surface area contributed by atoms with Crippen LogP contribution in [0, 0.1) is 13.8 Å². The molecule has 146 valence electrons. The number of carbonyl (C=O) groups excluding carboxylic acids is 1. The Morgan fingerprint density at radius 2 is 2.11 bits per heavy atom. The fourth-order valence-electron chi connectivity index (χ4n) is 2.39. The summed E-state index contributed by atoms with van der Waals surface area (Å²) >= 11 is 7.48. The van der Waals surface area contributed by atoms with E-state index in [-0.39, 0.29) is 6.61 Å². The highest BCUT2D eigenvalue weighted by molar-refractivity contribution is 7.08. The molecule has 1 aromatic heterocycles. The van der Waals surface area contributed by atoms with Gasteiger partial charge in [-0.15, -0.1) is 0 Å². The van der Waals surface area contributed by atoms with Gasteiger partial charge in [0.15, 0.2) is 0 Å². The average molecular weight is 410 g/mol. The number of aryl methyl sites for hydroxylation is 2. The Morgan fingerprint density at radius 1 is 1.37 bits per heavy atom. The molecule has 2 rings (SSSR count). The molecule has 0 radical (unpaired) electrons. The molecule has 0 aliphatic heterocycles. The molecule has 0 fully saturated rings. The Morgan fingerprint density at radius 3 is 2.78 bits per heavy atom. The van der Waals surface area contributed by atoms with E-state index >= 15 is 0 Å². The molecule has 0 aliphatic rings. The number of aromatic nitrogens is 1. The van der Waals surface area contributed by atoms with E-state index in [0.717, 1.165) is 35.7 Å². The molecule has 0 atom stereocenters. The van der Waals surface area contributed by atoms with Gasteiger partial charge in [-0.2, -0.15) is 4.37 Å². The lowest BCUT2D eigenvalue weighted by atomic mass is 10.2. The summed E-state index contributed by atoms with van der Waals surface area (Å²) in [5, 5.41) is 0.776. The van der Waals surface area contributed by atoms with Gasteiger partial charge in [-0.3, -0.25) is 0 Å². The Labute approximate surface area is 168 Å². The lowest BCUT2D eigenvalue weighted by molar-refractivity contribution is 0.0523. The summed E-state index contributed by atoms with van der Waals surface area (Å²) in [6, 6.07) is 3.55. The van der Waals surface area contributed by atoms with Crippen LogP contribution in [0.3, 0.4) is 0 Å².